The van der Waals surface area contributed by atoms with E-state index in [-0.39, 0.29) is 37.5 Å². The molecular formula is C64H104O6. The van der Waals surface area contributed by atoms with Crippen LogP contribution in [0.15, 0.2) is 122 Å². The van der Waals surface area contributed by atoms with Crippen molar-refractivity contribution in [1.82, 2.24) is 0 Å². The van der Waals surface area contributed by atoms with Gasteiger partial charge in [0.15, 0.2) is 6.10 Å². The van der Waals surface area contributed by atoms with Gasteiger partial charge in [0.1, 0.15) is 13.2 Å². The Morgan fingerprint density at radius 1 is 0.300 bits per heavy atom. The second-order valence-corrected chi connectivity index (χ2v) is 18.4. The van der Waals surface area contributed by atoms with E-state index in [1.54, 1.807) is 0 Å². The van der Waals surface area contributed by atoms with Crippen molar-refractivity contribution in [1.29, 1.82) is 0 Å². The molecule has 0 aliphatic rings. The highest BCUT2D eigenvalue weighted by Crippen LogP contribution is 2.14. The molecule has 1 atom stereocenters. The zero-order valence-electron chi connectivity index (χ0n) is 45.2. The fourth-order valence-electron chi connectivity index (χ4n) is 7.50. The number of allylic oxidation sites excluding steroid dienone is 20. The summed E-state index contributed by atoms with van der Waals surface area (Å²) >= 11 is 0. The Morgan fingerprint density at radius 2 is 0.571 bits per heavy atom. The standard InChI is InChI=1S/C64H104O6/c1-4-7-10-13-16-19-21-23-25-27-28-29-30-31-32-33-34-35-36-38-39-41-43-45-48-51-54-57-63(66)69-60-61(59-68-62(65)56-53-50-47-18-15-12-9-6-3)70-64(67)58-55-52-49-46-44-42-40-37-26-24-22-20-17-14-11-8-5-2/h7-8,10-11,16-17,19-20,23-26,28-29,31-32,40,42,46,49,61H,4-6,9,12-15,18,21-22,27,30,33-39,41,43-45,47-48,50-60H2,1-3H3/b10-7-,11-8-,19-16-,20-17-,25-23-,26-24-,29-28-,32-31-,42-40-,49-46-. The van der Waals surface area contributed by atoms with Crippen LogP contribution < -0.4 is 0 Å². The van der Waals surface area contributed by atoms with E-state index >= 15 is 0 Å². The van der Waals surface area contributed by atoms with Crippen molar-refractivity contribution in [3.8, 4) is 0 Å². The van der Waals surface area contributed by atoms with Crippen molar-refractivity contribution >= 4 is 17.9 Å². The monoisotopic (exact) mass is 969 g/mol. The van der Waals surface area contributed by atoms with Gasteiger partial charge in [0.25, 0.3) is 0 Å². The minimum absolute atomic E-state index is 0.102. The SMILES string of the molecule is CC/C=C\C/C=C\C/C=C\C/C=C\C/C=C\CCCCCCCCCCCCCC(=O)OCC(COC(=O)CCCCCCCCCC)OC(=O)CCC/C=C\C/C=C\C/C=C\C/C=C\C/C=C\CC. The summed E-state index contributed by atoms with van der Waals surface area (Å²) in [5, 5.41) is 0. The van der Waals surface area contributed by atoms with Crippen LogP contribution in [-0.2, 0) is 28.6 Å². The van der Waals surface area contributed by atoms with Crippen LogP contribution in [0, 0.1) is 0 Å². The number of hydrogen-bond acceptors (Lipinski definition) is 6. The second kappa shape index (κ2) is 57.4. The molecule has 70 heavy (non-hydrogen) atoms. The third-order valence-electron chi connectivity index (χ3n) is 11.7. The Hall–Kier alpha value is -4.19. The van der Waals surface area contributed by atoms with E-state index in [1.807, 2.05) is 0 Å². The van der Waals surface area contributed by atoms with E-state index in [0.29, 0.717) is 19.3 Å². The number of carbonyl (C=O) groups is 3. The van der Waals surface area contributed by atoms with E-state index in [1.165, 1.54) is 89.9 Å². The van der Waals surface area contributed by atoms with Gasteiger partial charge in [-0.2, -0.15) is 0 Å². The largest absolute Gasteiger partial charge is 0.462 e. The summed E-state index contributed by atoms with van der Waals surface area (Å²) in [6.07, 6.45) is 79.3. The molecule has 0 saturated heterocycles. The molecule has 0 spiro atoms. The molecular weight excluding hydrogens is 865 g/mol. The van der Waals surface area contributed by atoms with Crippen LogP contribution in [0.25, 0.3) is 0 Å². The van der Waals surface area contributed by atoms with Crippen LogP contribution in [0.4, 0.5) is 0 Å². The van der Waals surface area contributed by atoms with E-state index in [4.69, 9.17) is 14.2 Å². The van der Waals surface area contributed by atoms with Gasteiger partial charge in [0.2, 0.25) is 0 Å². The van der Waals surface area contributed by atoms with Crippen LogP contribution in [0.5, 0.6) is 0 Å². The maximum absolute atomic E-state index is 12.8. The zero-order chi connectivity index (χ0) is 50.7. The van der Waals surface area contributed by atoms with Gasteiger partial charge in [-0.25, -0.2) is 0 Å². The molecule has 0 bridgehead atoms. The summed E-state index contributed by atoms with van der Waals surface area (Å²) in [4.78, 5) is 38.0. The van der Waals surface area contributed by atoms with Gasteiger partial charge in [0, 0.05) is 19.3 Å². The van der Waals surface area contributed by atoms with Crippen molar-refractivity contribution in [2.45, 2.75) is 252 Å². The minimum atomic E-state index is -0.809. The van der Waals surface area contributed by atoms with E-state index in [2.05, 4.69) is 142 Å². The van der Waals surface area contributed by atoms with Crippen molar-refractivity contribution in [2.24, 2.45) is 0 Å². The lowest BCUT2D eigenvalue weighted by Gasteiger charge is -2.18. The van der Waals surface area contributed by atoms with E-state index < -0.39 is 6.10 Å². The predicted octanol–water partition coefficient (Wildman–Crippen LogP) is 19.3. The minimum Gasteiger partial charge on any atom is -0.462 e. The molecule has 0 heterocycles. The first-order chi connectivity index (χ1) is 34.5. The molecule has 0 aromatic carbocycles. The molecule has 0 radical (unpaired) electrons. The summed E-state index contributed by atoms with van der Waals surface area (Å²) in [5.74, 6) is -0.972. The smallest absolute Gasteiger partial charge is 0.306 e. The number of rotatable bonds is 50. The van der Waals surface area contributed by atoms with Crippen LogP contribution in [0.3, 0.4) is 0 Å². The Morgan fingerprint density at radius 3 is 0.914 bits per heavy atom. The average Bonchev–Trinajstić information content (AvgIpc) is 3.36. The van der Waals surface area contributed by atoms with Gasteiger partial charge >= 0.3 is 17.9 Å². The molecule has 0 aromatic rings. The van der Waals surface area contributed by atoms with Crippen molar-refractivity contribution in [3.05, 3.63) is 122 Å². The third kappa shape index (κ3) is 54.7. The summed E-state index contributed by atoms with van der Waals surface area (Å²) in [6, 6.07) is 0. The highest BCUT2D eigenvalue weighted by molar-refractivity contribution is 5.71. The summed E-state index contributed by atoms with van der Waals surface area (Å²) in [6.45, 7) is 6.33. The van der Waals surface area contributed by atoms with Gasteiger partial charge in [0.05, 0.1) is 0 Å². The number of esters is 3. The van der Waals surface area contributed by atoms with Crippen LogP contribution in [0.2, 0.25) is 0 Å². The topological polar surface area (TPSA) is 78.9 Å². The Labute approximate surface area is 431 Å². The highest BCUT2D eigenvalue weighted by atomic mass is 16.6. The molecule has 6 nitrogen and oxygen atoms in total. The number of unbranched alkanes of at least 4 members (excludes halogenated alkanes) is 19. The molecule has 0 aliphatic carbocycles. The lowest BCUT2D eigenvalue weighted by molar-refractivity contribution is -0.167. The first-order valence-corrected chi connectivity index (χ1v) is 28.5. The number of carbonyl (C=O) groups excluding carboxylic acids is 3. The molecule has 0 fully saturated rings. The molecule has 0 amide bonds. The fourth-order valence-corrected chi connectivity index (χ4v) is 7.50. The van der Waals surface area contributed by atoms with E-state index in [9.17, 15) is 14.4 Å². The summed E-state index contributed by atoms with van der Waals surface area (Å²) < 4.78 is 16.7. The summed E-state index contributed by atoms with van der Waals surface area (Å²) in [5.41, 5.74) is 0. The maximum atomic E-state index is 12.8. The lowest BCUT2D eigenvalue weighted by Crippen LogP contribution is -2.30. The number of ether oxygens (including phenoxy) is 3. The highest BCUT2D eigenvalue weighted by Gasteiger charge is 2.19. The molecule has 0 rings (SSSR count). The Balaban J connectivity index is 4.27. The van der Waals surface area contributed by atoms with Gasteiger partial charge in [-0.1, -0.05) is 245 Å². The predicted molar refractivity (Wildman–Crippen MR) is 302 cm³/mol. The quantitative estimate of drug-likeness (QED) is 0.0262. The molecule has 0 saturated carbocycles. The molecule has 0 aromatic heterocycles. The Bertz CT molecular complexity index is 1490. The normalized spacial score (nSPS) is 13.0. The number of hydrogen-bond donors (Lipinski definition) is 0. The van der Waals surface area contributed by atoms with Crippen LogP contribution in [0.1, 0.15) is 245 Å². The maximum Gasteiger partial charge on any atom is 0.306 e. The van der Waals surface area contributed by atoms with Crippen LogP contribution >= 0.6 is 0 Å². The third-order valence-corrected chi connectivity index (χ3v) is 11.7. The first-order valence-electron chi connectivity index (χ1n) is 28.5. The molecule has 396 valence electrons. The molecule has 0 aliphatic heterocycles. The Kier molecular flexibility index (Phi) is 54.0. The molecule has 6 heteroatoms. The van der Waals surface area contributed by atoms with Crippen LogP contribution in [-0.4, -0.2) is 37.2 Å². The summed E-state index contributed by atoms with van der Waals surface area (Å²) in [7, 11) is 0. The lowest BCUT2D eigenvalue weighted by atomic mass is 10.0. The van der Waals surface area contributed by atoms with Gasteiger partial charge < -0.3 is 14.2 Å². The van der Waals surface area contributed by atoms with Gasteiger partial charge in [-0.15, -0.1) is 0 Å². The van der Waals surface area contributed by atoms with E-state index in [0.717, 1.165) is 109 Å². The van der Waals surface area contributed by atoms with Gasteiger partial charge in [-0.3, -0.25) is 14.4 Å². The molecule has 0 N–H and O–H groups in total. The first kappa shape index (κ1) is 65.8. The zero-order valence-corrected chi connectivity index (χ0v) is 45.2. The molecule has 1 unspecified atom stereocenters. The average molecular weight is 970 g/mol. The van der Waals surface area contributed by atoms with Crippen molar-refractivity contribution in [2.75, 3.05) is 13.2 Å². The van der Waals surface area contributed by atoms with Crippen molar-refractivity contribution < 1.29 is 28.6 Å². The van der Waals surface area contributed by atoms with Crippen molar-refractivity contribution in [3.63, 3.8) is 0 Å². The fraction of sp³-hybridized carbons (Fsp3) is 0.641. The van der Waals surface area contributed by atoms with Gasteiger partial charge in [-0.05, 0) is 103 Å². The second-order valence-electron chi connectivity index (χ2n) is 18.4.